The van der Waals surface area contributed by atoms with Crippen molar-refractivity contribution < 1.29 is 9.32 Å². The molecule has 1 fully saturated rings. The van der Waals surface area contributed by atoms with Gasteiger partial charge < -0.3 is 9.42 Å². The van der Waals surface area contributed by atoms with E-state index in [9.17, 15) is 4.79 Å². The van der Waals surface area contributed by atoms with E-state index in [4.69, 9.17) is 16.1 Å². The minimum Gasteiger partial charge on any atom is -0.339 e. The molecule has 1 aromatic carbocycles. The first kappa shape index (κ1) is 16.0. The van der Waals surface area contributed by atoms with Crippen LogP contribution >= 0.6 is 11.6 Å². The second-order valence-corrected chi connectivity index (χ2v) is 7.40. The normalized spacial score (nSPS) is 18.7. The quantitative estimate of drug-likeness (QED) is 0.837. The van der Waals surface area contributed by atoms with E-state index >= 15 is 0 Å². The summed E-state index contributed by atoms with van der Waals surface area (Å²) in [6.45, 7) is 8.55. The lowest BCUT2D eigenvalue weighted by Gasteiger charge is -2.19. The fraction of sp³-hybridized carbons (Fsp3) is 0.471. The van der Waals surface area contributed by atoms with Gasteiger partial charge in [-0.15, -0.1) is 0 Å². The lowest BCUT2D eigenvalue weighted by molar-refractivity contribution is -0.117. The summed E-state index contributed by atoms with van der Waals surface area (Å²) in [6, 6.07) is 5.59. The zero-order valence-electron chi connectivity index (χ0n) is 13.8. The highest BCUT2D eigenvalue weighted by atomic mass is 35.5. The van der Waals surface area contributed by atoms with E-state index in [-0.39, 0.29) is 17.2 Å². The molecule has 0 radical (unpaired) electrons. The molecule has 1 saturated heterocycles. The highest BCUT2D eigenvalue weighted by molar-refractivity contribution is 6.31. The molecule has 0 saturated carbocycles. The largest absolute Gasteiger partial charge is 0.339 e. The Bertz CT molecular complexity index is 749. The number of aromatic nitrogens is 2. The molecule has 23 heavy (non-hydrogen) atoms. The fourth-order valence-corrected chi connectivity index (χ4v) is 2.87. The molecule has 0 bridgehead atoms. The number of hydrogen-bond donors (Lipinski definition) is 0. The molecule has 1 aliphatic heterocycles. The predicted molar refractivity (Wildman–Crippen MR) is 88.9 cm³/mol. The summed E-state index contributed by atoms with van der Waals surface area (Å²) >= 11 is 6.17. The number of carbonyl (C=O) groups is 1. The average molecular weight is 334 g/mol. The van der Waals surface area contributed by atoms with Crippen molar-refractivity contribution in [3.05, 3.63) is 40.5 Å². The summed E-state index contributed by atoms with van der Waals surface area (Å²) in [5, 5.41) is 4.71. The van der Waals surface area contributed by atoms with Crippen molar-refractivity contribution in [1.82, 2.24) is 10.1 Å². The first-order chi connectivity index (χ1) is 10.8. The van der Waals surface area contributed by atoms with E-state index in [1.54, 1.807) is 4.90 Å². The molecular formula is C17H20ClN3O2. The smallest absolute Gasteiger partial charge is 0.232 e. The van der Waals surface area contributed by atoms with E-state index in [0.29, 0.717) is 29.7 Å². The zero-order chi connectivity index (χ0) is 16.8. The third-order valence-corrected chi connectivity index (χ3v) is 4.53. The van der Waals surface area contributed by atoms with Crippen LogP contribution in [0.5, 0.6) is 0 Å². The lowest BCUT2D eigenvalue weighted by Crippen LogP contribution is -2.25. The van der Waals surface area contributed by atoms with E-state index in [1.165, 1.54) is 0 Å². The summed E-state index contributed by atoms with van der Waals surface area (Å²) in [4.78, 5) is 18.7. The first-order valence-corrected chi connectivity index (χ1v) is 8.04. The van der Waals surface area contributed by atoms with Crippen molar-refractivity contribution in [2.75, 3.05) is 11.4 Å². The van der Waals surface area contributed by atoms with Gasteiger partial charge in [-0.25, -0.2) is 0 Å². The monoisotopic (exact) mass is 333 g/mol. The SMILES string of the molecule is Cc1c(Cl)cccc1N1CC(c2nc(C(C)(C)C)no2)CC1=O. The Morgan fingerprint density at radius 3 is 2.74 bits per heavy atom. The summed E-state index contributed by atoms with van der Waals surface area (Å²) in [5.74, 6) is 1.17. The van der Waals surface area contributed by atoms with Crippen LogP contribution in [0.25, 0.3) is 0 Å². The molecule has 0 N–H and O–H groups in total. The van der Waals surface area contributed by atoms with E-state index in [2.05, 4.69) is 10.1 Å². The van der Waals surface area contributed by atoms with Gasteiger partial charge in [-0.2, -0.15) is 4.98 Å². The van der Waals surface area contributed by atoms with Crippen molar-refractivity contribution in [3.8, 4) is 0 Å². The first-order valence-electron chi connectivity index (χ1n) is 7.67. The Morgan fingerprint density at radius 2 is 2.09 bits per heavy atom. The van der Waals surface area contributed by atoms with E-state index in [1.807, 2.05) is 45.9 Å². The molecule has 0 aliphatic carbocycles. The van der Waals surface area contributed by atoms with Gasteiger partial charge in [0.25, 0.3) is 0 Å². The van der Waals surface area contributed by atoms with Crippen molar-refractivity contribution in [1.29, 1.82) is 0 Å². The van der Waals surface area contributed by atoms with Crippen LogP contribution in [0.4, 0.5) is 5.69 Å². The highest BCUT2D eigenvalue weighted by Gasteiger charge is 2.36. The summed E-state index contributed by atoms with van der Waals surface area (Å²) in [6.07, 6.45) is 0.373. The average Bonchev–Trinajstić information content (AvgIpc) is 3.08. The number of amides is 1. The predicted octanol–water partition coefficient (Wildman–Crippen LogP) is 3.85. The molecule has 3 rings (SSSR count). The minimum atomic E-state index is -0.173. The Morgan fingerprint density at radius 1 is 1.35 bits per heavy atom. The Kier molecular flexibility index (Phi) is 3.92. The highest BCUT2D eigenvalue weighted by Crippen LogP contribution is 2.35. The second kappa shape index (κ2) is 5.64. The molecule has 0 spiro atoms. The Balaban J connectivity index is 1.85. The maximum absolute atomic E-state index is 12.4. The Hall–Kier alpha value is -1.88. The summed E-state index contributed by atoms with van der Waals surface area (Å²) < 4.78 is 5.40. The van der Waals surface area contributed by atoms with E-state index < -0.39 is 0 Å². The second-order valence-electron chi connectivity index (χ2n) is 7.00. The van der Waals surface area contributed by atoms with Gasteiger partial charge in [0.15, 0.2) is 5.82 Å². The van der Waals surface area contributed by atoms with Crippen molar-refractivity contribution in [2.24, 2.45) is 0 Å². The van der Waals surface area contributed by atoms with Gasteiger partial charge in [-0.1, -0.05) is 43.6 Å². The van der Waals surface area contributed by atoms with Crippen LogP contribution in [-0.2, 0) is 10.2 Å². The third-order valence-electron chi connectivity index (χ3n) is 4.12. The zero-order valence-corrected chi connectivity index (χ0v) is 14.5. The number of carbonyl (C=O) groups excluding carboxylic acids is 1. The van der Waals surface area contributed by atoms with Gasteiger partial charge in [0.05, 0.1) is 5.92 Å². The van der Waals surface area contributed by atoms with Gasteiger partial charge in [-0.3, -0.25) is 4.79 Å². The number of benzene rings is 1. The van der Waals surface area contributed by atoms with Crippen LogP contribution in [0.15, 0.2) is 22.7 Å². The van der Waals surface area contributed by atoms with Crippen molar-refractivity contribution in [2.45, 2.75) is 45.4 Å². The fourth-order valence-electron chi connectivity index (χ4n) is 2.70. The summed E-state index contributed by atoms with van der Waals surface area (Å²) in [5.41, 5.74) is 1.58. The van der Waals surface area contributed by atoms with Crippen molar-refractivity contribution >= 4 is 23.2 Å². The molecule has 2 aromatic rings. The van der Waals surface area contributed by atoms with Crippen molar-refractivity contribution in [3.63, 3.8) is 0 Å². The summed E-state index contributed by atoms with van der Waals surface area (Å²) in [7, 11) is 0. The van der Waals surface area contributed by atoms with Crippen LogP contribution in [0.3, 0.4) is 0 Å². The standard InChI is InChI=1S/C17H20ClN3O2/c1-10-12(18)6-5-7-13(10)21-9-11(8-14(21)22)15-19-16(20-23-15)17(2,3)4/h5-7,11H,8-9H2,1-4H3. The molecule has 5 nitrogen and oxygen atoms in total. The van der Waals surface area contributed by atoms with E-state index in [0.717, 1.165) is 11.3 Å². The third kappa shape index (κ3) is 2.98. The van der Waals surface area contributed by atoms with Gasteiger partial charge in [0, 0.05) is 29.1 Å². The number of hydrogen-bond acceptors (Lipinski definition) is 4. The van der Waals surface area contributed by atoms with Crippen LogP contribution in [0.2, 0.25) is 5.02 Å². The molecule has 1 aromatic heterocycles. The molecule has 1 atom stereocenters. The van der Waals surface area contributed by atoms with Crippen LogP contribution in [0, 0.1) is 6.92 Å². The molecule has 1 unspecified atom stereocenters. The van der Waals surface area contributed by atoms with Gasteiger partial charge in [0.1, 0.15) is 0 Å². The number of rotatable bonds is 2. The number of nitrogens with zero attached hydrogens (tertiary/aromatic N) is 3. The van der Waals surface area contributed by atoms with Gasteiger partial charge >= 0.3 is 0 Å². The molecule has 1 amide bonds. The molecule has 1 aliphatic rings. The van der Waals surface area contributed by atoms with Crippen LogP contribution in [0.1, 0.15) is 50.4 Å². The Labute approximate surface area is 140 Å². The molecular weight excluding hydrogens is 314 g/mol. The number of anilines is 1. The van der Waals surface area contributed by atoms with Crippen LogP contribution in [-0.4, -0.2) is 22.6 Å². The maximum Gasteiger partial charge on any atom is 0.232 e. The maximum atomic E-state index is 12.4. The number of halogens is 1. The molecule has 6 heteroatoms. The molecule has 2 heterocycles. The lowest BCUT2D eigenvalue weighted by atomic mass is 9.96. The van der Waals surface area contributed by atoms with Gasteiger partial charge in [0.2, 0.25) is 11.8 Å². The minimum absolute atomic E-state index is 0.0517. The van der Waals surface area contributed by atoms with Crippen LogP contribution < -0.4 is 4.90 Å². The topological polar surface area (TPSA) is 59.2 Å². The van der Waals surface area contributed by atoms with Gasteiger partial charge in [-0.05, 0) is 24.6 Å². The molecule has 122 valence electrons.